The van der Waals surface area contributed by atoms with E-state index in [4.69, 9.17) is 16.3 Å². The summed E-state index contributed by atoms with van der Waals surface area (Å²) in [6.45, 7) is 1.37. The first-order valence-electron chi connectivity index (χ1n) is 5.40. The van der Waals surface area contributed by atoms with Gasteiger partial charge in [0.2, 0.25) is 0 Å². The molecule has 7 heteroatoms. The Morgan fingerprint density at radius 2 is 2.33 bits per heavy atom. The largest absolute Gasteiger partial charge is 0.493 e. The normalized spacial score (nSPS) is 13.2. The maximum Gasteiger partial charge on any atom is 0.186 e. The smallest absolute Gasteiger partial charge is 0.186 e. The second-order valence-corrected chi connectivity index (χ2v) is 5.71. The third-order valence-electron chi connectivity index (χ3n) is 2.72. The van der Waals surface area contributed by atoms with Crippen LogP contribution in [0.4, 0.5) is 5.82 Å². The highest BCUT2D eigenvalue weighted by Gasteiger charge is 2.17. The monoisotopic (exact) mass is 345 g/mol. The molecule has 0 bridgehead atoms. The molecule has 0 saturated heterocycles. The van der Waals surface area contributed by atoms with Gasteiger partial charge in [0.05, 0.1) is 18.3 Å². The molecule has 3 rings (SSSR count). The SMILES string of the molecule is Clc1nsnc1NCc1cc(Br)cc2c1OCC2. The minimum absolute atomic E-state index is 0.410. The molecule has 0 amide bonds. The zero-order chi connectivity index (χ0) is 12.5. The third-order valence-corrected chi connectivity index (χ3v) is 4.07. The van der Waals surface area contributed by atoms with E-state index in [-0.39, 0.29) is 0 Å². The lowest BCUT2D eigenvalue weighted by molar-refractivity contribution is 0.354. The van der Waals surface area contributed by atoms with Crippen LogP contribution >= 0.6 is 39.3 Å². The number of fused-ring (bicyclic) bond motifs is 1. The summed E-state index contributed by atoms with van der Waals surface area (Å²) in [5.41, 5.74) is 2.34. The number of rotatable bonds is 3. The van der Waals surface area contributed by atoms with Crippen LogP contribution in [0.5, 0.6) is 5.75 Å². The summed E-state index contributed by atoms with van der Waals surface area (Å²) in [6.07, 6.45) is 0.959. The van der Waals surface area contributed by atoms with E-state index in [1.807, 2.05) is 6.07 Å². The predicted octanol–water partition coefficient (Wildman–Crippen LogP) is 3.50. The van der Waals surface area contributed by atoms with Gasteiger partial charge in [-0.3, -0.25) is 0 Å². The molecule has 0 fully saturated rings. The van der Waals surface area contributed by atoms with Crippen molar-refractivity contribution in [3.63, 3.8) is 0 Å². The first-order chi connectivity index (χ1) is 8.74. The van der Waals surface area contributed by atoms with Gasteiger partial charge in [-0.2, -0.15) is 8.75 Å². The molecule has 94 valence electrons. The van der Waals surface area contributed by atoms with Crippen molar-refractivity contribution < 1.29 is 4.74 Å². The molecular formula is C11H9BrClN3OS. The molecule has 1 N–H and O–H groups in total. The molecule has 0 radical (unpaired) electrons. The highest BCUT2D eigenvalue weighted by Crippen LogP contribution is 2.33. The van der Waals surface area contributed by atoms with E-state index in [1.165, 1.54) is 5.56 Å². The van der Waals surface area contributed by atoms with Crippen LogP contribution in [-0.2, 0) is 13.0 Å². The fraction of sp³-hybridized carbons (Fsp3) is 0.273. The topological polar surface area (TPSA) is 47.0 Å². The number of hydrogen-bond donors (Lipinski definition) is 1. The number of hydrogen-bond acceptors (Lipinski definition) is 5. The van der Waals surface area contributed by atoms with E-state index in [0.717, 1.165) is 40.5 Å². The third kappa shape index (κ3) is 2.32. The van der Waals surface area contributed by atoms with Gasteiger partial charge in [-0.25, -0.2) is 0 Å². The minimum atomic E-state index is 0.410. The van der Waals surface area contributed by atoms with Crippen molar-refractivity contribution in [2.24, 2.45) is 0 Å². The number of halogens is 2. The average molecular weight is 347 g/mol. The van der Waals surface area contributed by atoms with Crippen LogP contribution in [0, 0.1) is 0 Å². The summed E-state index contributed by atoms with van der Waals surface area (Å²) in [7, 11) is 0. The fourth-order valence-corrected chi connectivity index (χ4v) is 3.18. The molecule has 0 aliphatic carbocycles. The van der Waals surface area contributed by atoms with E-state index in [2.05, 4.69) is 36.1 Å². The second-order valence-electron chi connectivity index (χ2n) is 3.91. The Morgan fingerprint density at radius 1 is 1.44 bits per heavy atom. The van der Waals surface area contributed by atoms with Crippen molar-refractivity contribution in [2.75, 3.05) is 11.9 Å². The summed E-state index contributed by atoms with van der Waals surface area (Å²) in [5.74, 6) is 1.60. The van der Waals surface area contributed by atoms with E-state index in [1.54, 1.807) is 0 Å². The molecule has 2 aromatic rings. The molecule has 18 heavy (non-hydrogen) atoms. The number of benzene rings is 1. The van der Waals surface area contributed by atoms with Crippen molar-refractivity contribution in [1.82, 2.24) is 8.75 Å². The van der Waals surface area contributed by atoms with Gasteiger partial charge in [0.25, 0.3) is 0 Å². The highest BCUT2D eigenvalue weighted by atomic mass is 79.9. The molecular weight excluding hydrogens is 338 g/mol. The van der Waals surface area contributed by atoms with Crippen LogP contribution in [0.25, 0.3) is 0 Å². The average Bonchev–Trinajstić information content (AvgIpc) is 2.94. The summed E-state index contributed by atoms with van der Waals surface area (Å²) >= 11 is 10.5. The van der Waals surface area contributed by atoms with Gasteiger partial charge in [-0.05, 0) is 17.7 Å². The Morgan fingerprint density at radius 3 is 3.11 bits per heavy atom. The van der Waals surface area contributed by atoms with Gasteiger partial charge >= 0.3 is 0 Å². The van der Waals surface area contributed by atoms with Crippen molar-refractivity contribution in [1.29, 1.82) is 0 Å². The number of nitrogens with zero attached hydrogens (tertiary/aromatic N) is 2. The highest BCUT2D eigenvalue weighted by molar-refractivity contribution is 9.10. The van der Waals surface area contributed by atoms with Gasteiger partial charge in [0.15, 0.2) is 11.0 Å². The lowest BCUT2D eigenvalue weighted by Crippen LogP contribution is -2.02. The molecule has 1 aliphatic heterocycles. The number of ether oxygens (including phenoxy) is 1. The van der Waals surface area contributed by atoms with E-state index in [0.29, 0.717) is 17.5 Å². The van der Waals surface area contributed by atoms with Gasteiger partial charge < -0.3 is 10.1 Å². The van der Waals surface area contributed by atoms with E-state index < -0.39 is 0 Å². The van der Waals surface area contributed by atoms with Gasteiger partial charge in [-0.1, -0.05) is 27.5 Å². The van der Waals surface area contributed by atoms with Crippen LogP contribution < -0.4 is 10.1 Å². The molecule has 1 aliphatic rings. The molecule has 0 unspecified atom stereocenters. The molecule has 1 aromatic carbocycles. The first-order valence-corrected chi connectivity index (χ1v) is 7.30. The Hall–Kier alpha value is -0.850. The Labute approximate surface area is 122 Å². The summed E-state index contributed by atoms with van der Waals surface area (Å²) in [6, 6.07) is 4.15. The van der Waals surface area contributed by atoms with Crippen molar-refractivity contribution in [3.8, 4) is 5.75 Å². The number of aromatic nitrogens is 2. The molecule has 0 atom stereocenters. The van der Waals surface area contributed by atoms with Gasteiger partial charge in [-0.15, -0.1) is 0 Å². The Balaban J connectivity index is 1.83. The minimum Gasteiger partial charge on any atom is -0.493 e. The zero-order valence-electron chi connectivity index (χ0n) is 9.24. The van der Waals surface area contributed by atoms with E-state index >= 15 is 0 Å². The fourth-order valence-electron chi connectivity index (χ4n) is 1.94. The van der Waals surface area contributed by atoms with Crippen LogP contribution in [0.3, 0.4) is 0 Å². The lowest BCUT2D eigenvalue weighted by atomic mass is 10.1. The maximum absolute atomic E-state index is 5.89. The van der Waals surface area contributed by atoms with Crippen molar-refractivity contribution in [3.05, 3.63) is 32.9 Å². The van der Waals surface area contributed by atoms with Crippen LogP contribution in [0.2, 0.25) is 5.15 Å². The molecule has 4 nitrogen and oxygen atoms in total. The Bertz CT molecular complexity index is 590. The quantitative estimate of drug-likeness (QED) is 0.924. The van der Waals surface area contributed by atoms with Crippen LogP contribution in [0.1, 0.15) is 11.1 Å². The van der Waals surface area contributed by atoms with Gasteiger partial charge in [0.1, 0.15) is 5.75 Å². The zero-order valence-corrected chi connectivity index (χ0v) is 12.4. The number of nitrogens with one attached hydrogen (secondary N) is 1. The summed E-state index contributed by atoms with van der Waals surface area (Å²) < 4.78 is 14.7. The van der Waals surface area contributed by atoms with Crippen LogP contribution in [0.15, 0.2) is 16.6 Å². The lowest BCUT2D eigenvalue weighted by Gasteiger charge is -2.09. The molecule has 1 aromatic heterocycles. The summed E-state index contributed by atoms with van der Waals surface area (Å²) in [5, 5.41) is 3.58. The first kappa shape index (κ1) is 12.2. The maximum atomic E-state index is 5.89. The standard InChI is InChI=1S/C11H9BrClN3OS/c12-8-3-6-1-2-17-9(6)7(4-8)5-14-11-10(13)15-18-16-11/h3-4H,1-2,5H2,(H,14,16). The van der Waals surface area contributed by atoms with Crippen molar-refractivity contribution >= 4 is 45.1 Å². The molecule has 0 spiro atoms. The molecule has 2 heterocycles. The molecule has 0 saturated carbocycles. The van der Waals surface area contributed by atoms with Crippen LogP contribution in [-0.4, -0.2) is 15.4 Å². The summed E-state index contributed by atoms with van der Waals surface area (Å²) in [4.78, 5) is 0. The van der Waals surface area contributed by atoms with Crippen molar-refractivity contribution in [2.45, 2.75) is 13.0 Å². The van der Waals surface area contributed by atoms with E-state index in [9.17, 15) is 0 Å². The second kappa shape index (κ2) is 5.03. The Kier molecular flexibility index (Phi) is 3.41. The number of anilines is 1. The van der Waals surface area contributed by atoms with Gasteiger partial charge in [0, 0.05) is 23.0 Å². The predicted molar refractivity (Wildman–Crippen MR) is 75.6 cm³/mol.